The van der Waals surface area contributed by atoms with E-state index in [1.807, 2.05) is 17.8 Å². The molecule has 1 saturated heterocycles. The van der Waals surface area contributed by atoms with Crippen molar-refractivity contribution in [3.05, 3.63) is 34.1 Å². The molecule has 0 spiro atoms. The van der Waals surface area contributed by atoms with E-state index in [0.717, 1.165) is 18.5 Å². The molecule has 1 fully saturated rings. The fraction of sp³-hybridized carbons (Fsp3) is 0.571. The Kier molecular flexibility index (Phi) is 5.52. The first-order valence-corrected chi connectivity index (χ1v) is 8.41. The molecule has 0 bridgehead atoms. The van der Waals surface area contributed by atoms with Gasteiger partial charge in [0.2, 0.25) is 0 Å². The van der Waals surface area contributed by atoms with Gasteiger partial charge >= 0.3 is 0 Å². The third-order valence-corrected chi connectivity index (χ3v) is 5.55. The van der Waals surface area contributed by atoms with E-state index in [1.165, 1.54) is 24.0 Å². The lowest BCUT2D eigenvalue weighted by atomic mass is 9.93. The van der Waals surface area contributed by atoms with E-state index in [1.54, 1.807) is 6.07 Å². The van der Waals surface area contributed by atoms with Crippen LogP contribution in [-0.4, -0.2) is 24.1 Å². The quantitative estimate of drug-likeness (QED) is 0.879. The molecule has 1 aliphatic rings. The van der Waals surface area contributed by atoms with Gasteiger partial charge in [-0.1, -0.05) is 19.1 Å². The number of hydrogen-bond acceptors (Lipinski definition) is 2. The molecule has 1 aliphatic heterocycles. The maximum Gasteiger partial charge on any atom is 0.137 e. The second-order valence-electron chi connectivity index (χ2n) is 4.70. The Balaban J connectivity index is 2.10. The van der Waals surface area contributed by atoms with Crippen LogP contribution in [0.1, 0.15) is 18.9 Å². The zero-order valence-corrected chi connectivity index (χ0v) is 13.0. The van der Waals surface area contributed by atoms with E-state index in [9.17, 15) is 4.39 Å². The number of thioether (sulfide) groups is 1. The highest BCUT2D eigenvalue weighted by Gasteiger charge is 2.25. The number of nitrogens with one attached hydrogen (secondary N) is 1. The van der Waals surface area contributed by atoms with Gasteiger partial charge in [-0.05, 0) is 64.4 Å². The fourth-order valence-corrected chi connectivity index (χ4v) is 4.24. The zero-order valence-electron chi connectivity index (χ0n) is 10.6. The summed E-state index contributed by atoms with van der Waals surface area (Å²) in [6, 6.07) is 5.77. The van der Waals surface area contributed by atoms with Crippen LogP contribution in [0, 0.1) is 11.7 Å². The van der Waals surface area contributed by atoms with Gasteiger partial charge in [-0.15, -0.1) is 0 Å². The Morgan fingerprint density at radius 1 is 1.56 bits per heavy atom. The van der Waals surface area contributed by atoms with Gasteiger partial charge in [0, 0.05) is 6.04 Å². The molecule has 0 radical (unpaired) electrons. The molecule has 2 atom stereocenters. The first-order valence-electron chi connectivity index (χ1n) is 6.46. The van der Waals surface area contributed by atoms with Crippen LogP contribution in [0.5, 0.6) is 0 Å². The number of benzene rings is 1. The standard InChI is InChI=1S/C14H19BrFNS/c1-2-17-13(11-6-7-18-9-11)8-10-4-3-5-12(16)14(10)15/h3-5,11,13,17H,2,6-9H2,1H3. The van der Waals surface area contributed by atoms with Crippen LogP contribution in [0.3, 0.4) is 0 Å². The third kappa shape index (κ3) is 3.49. The first kappa shape index (κ1) is 14.4. The summed E-state index contributed by atoms with van der Waals surface area (Å²) in [4.78, 5) is 0. The normalized spacial score (nSPS) is 21.2. The van der Waals surface area contributed by atoms with Gasteiger partial charge in [-0.25, -0.2) is 4.39 Å². The monoisotopic (exact) mass is 331 g/mol. The van der Waals surface area contributed by atoms with Gasteiger partial charge < -0.3 is 5.32 Å². The van der Waals surface area contributed by atoms with Crippen molar-refractivity contribution < 1.29 is 4.39 Å². The van der Waals surface area contributed by atoms with Crippen molar-refractivity contribution in [2.24, 2.45) is 5.92 Å². The lowest BCUT2D eigenvalue weighted by molar-refractivity contribution is 0.386. The SMILES string of the molecule is CCNC(Cc1cccc(F)c1Br)C1CCSC1. The van der Waals surface area contributed by atoms with E-state index in [-0.39, 0.29) is 5.82 Å². The minimum Gasteiger partial charge on any atom is -0.314 e. The Hall–Kier alpha value is -0.0600. The topological polar surface area (TPSA) is 12.0 Å². The number of rotatable bonds is 5. The van der Waals surface area contributed by atoms with E-state index >= 15 is 0 Å². The molecule has 4 heteroatoms. The summed E-state index contributed by atoms with van der Waals surface area (Å²) in [6.07, 6.45) is 2.17. The van der Waals surface area contributed by atoms with Crippen molar-refractivity contribution in [3.8, 4) is 0 Å². The number of hydrogen-bond donors (Lipinski definition) is 1. The Bertz CT molecular complexity index is 393. The molecule has 1 heterocycles. The van der Waals surface area contributed by atoms with E-state index in [2.05, 4.69) is 28.2 Å². The van der Waals surface area contributed by atoms with Crippen molar-refractivity contribution in [2.75, 3.05) is 18.1 Å². The van der Waals surface area contributed by atoms with Crippen molar-refractivity contribution in [1.29, 1.82) is 0 Å². The molecule has 1 nitrogen and oxygen atoms in total. The van der Waals surface area contributed by atoms with Gasteiger partial charge in [0.05, 0.1) is 4.47 Å². The summed E-state index contributed by atoms with van der Waals surface area (Å²) in [6.45, 7) is 3.11. The van der Waals surface area contributed by atoms with Gasteiger partial charge in [-0.2, -0.15) is 11.8 Å². The molecule has 1 aromatic rings. The minimum atomic E-state index is -0.163. The smallest absolute Gasteiger partial charge is 0.137 e. The van der Waals surface area contributed by atoms with Crippen LogP contribution in [-0.2, 0) is 6.42 Å². The highest BCUT2D eigenvalue weighted by atomic mass is 79.9. The Labute approximate surface area is 121 Å². The second-order valence-corrected chi connectivity index (χ2v) is 6.65. The molecule has 1 aromatic carbocycles. The Morgan fingerprint density at radius 2 is 2.39 bits per heavy atom. The first-order chi connectivity index (χ1) is 8.72. The number of likely N-dealkylation sites (N-methyl/N-ethyl adjacent to an activating group) is 1. The molecule has 0 aromatic heterocycles. The average molecular weight is 332 g/mol. The number of halogens is 2. The van der Waals surface area contributed by atoms with Crippen LogP contribution < -0.4 is 5.32 Å². The molecular weight excluding hydrogens is 313 g/mol. The summed E-state index contributed by atoms with van der Waals surface area (Å²) in [5.74, 6) is 3.04. The minimum absolute atomic E-state index is 0.163. The third-order valence-electron chi connectivity index (χ3n) is 3.47. The van der Waals surface area contributed by atoms with Crippen molar-refractivity contribution in [2.45, 2.75) is 25.8 Å². The molecule has 0 amide bonds. The van der Waals surface area contributed by atoms with Crippen LogP contribution in [0.2, 0.25) is 0 Å². The molecule has 1 N–H and O–H groups in total. The van der Waals surface area contributed by atoms with Gasteiger partial charge in [0.25, 0.3) is 0 Å². The lowest BCUT2D eigenvalue weighted by Gasteiger charge is -2.24. The maximum absolute atomic E-state index is 13.5. The van der Waals surface area contributed by atoms with Crippen LogP contribution in [0.25, 0.3) is 0 Å². The van der Waals surface area contributed by atoms with Crippen LogP contribution >= 0.6 is 27.7 Å². The van der Waals surface area contributed by atoms with E-state index in [0.29, 0.717) is 16.4 Å². The highest BCUT2D eigenvalue weighted by molar-refractivity contribution is 9.10. The van der Waals surface area contributed by atoms with Crippen molar-refractivity contribution >= 4 is 27.7 Å². The predicted octanol–water partition coefficient (Wildman–Crippen LogP) is 3.86. The summed E-state index contributed by atoms with van der Waals surface area (Å²) in [5, 5.41) is 3.56. The zero-order chi connectivity index (χ0) is 13.0. The molecule has 2 unspecified atom stereocenters. The largest absolute Gasteiger partial charge is 0.314 e. The van der Waals surface area contributed by atoms with Crippen LogP contribution in [0.15, 0.2) is 22.7 Å². The fourth-order valence-electron chi connectivity index (χ4n) is 2.48. The summed E-state index contributed by atoms with van der Waals surface area (Å²) < 4.78 is 14.1. The van der Waals surface area contributed by atoms with Gasteiger partial charge in [0.15, 0.2) is 0 Å². The van der Waals surface area contributed by atoms with Gasteiger partial charge in [0.1, 0.15) is 5.82 Å². The molecule has 100 valence electrons. The predicted molar refractivity (Wildman–Crippen MR) is 80.7 cm³/mol. The summed E-state index contributed by atoms with van der Waals surface area (Å²) >= 11 is 5.39. The van der Waals surface area contributed by atoms with Crippen molar-refractivity contribution in [3.63, 3.8) is 0 Å². The lowest BCUT2D eigenvalue weighted by Crippen LogP contribution is -2.38. The molecular formula is C14H19BrFNS. The molecule has 18 heavy (non-hydrogen) atoms. The van der Waals surface area contributed by atoms with E-state index in [4.69, 9.17) is 0 Å². The Morgan fingerprint density at radius 3 is 3.06 bits per heavy atom. The van der Waals surface area contributed by atoms with E-state index < -0.39 is 0 Å². The summed E-state index contributed by atoms with van der Waals surface area (Å²) in [7, 11) is 0. The average Bonchev–Trinajstić information content (AvgIpc) is 2.88. The van der Waals surface area contributed by atoms with Crippen molar-refractivity contribution in [1.82, 2.24) is 5.32 Å². The highest BCUT2D eigenvalue weighted by Crippen LogP contribution is 2.29. The van der Waals surface area contributed by atoms with Crippen LogP contribution in [0.4, 0.5) is 4.39 Å². The molecule has 2 rings (SSSR count). The maximum atomic E-state index is 13.5. The molecule has 0 aliphatic carbocycles. The second kappa shape index (κ2) is 6.92. The summed E-state index contributed by atoms with van der Waals surface area (Å²) in [5.41, 5.74) is 1.07. The molecule has 0 saturated carbocycles. The van der Waals surface area contributed by atoms with Gasteiger partial charge in [-0.3, -0.25) is 0 Å².